The van der Waals surface area contributed by atoms with E-state index >= 15 is 0 Å². The van der Waals surface area contributed by atoms with E-state index in [-0.39, 0.29) is 17.2 Å². The summed E-state index contributed by atoms with van der Waals surface area (Å²) in [5, 5.41) is 3.28. The first-order valence-corrected chi connectivity index (χ1v) is 9.65. The molecule has 1 amide bonds. The van der Waals surface area contributed by atoms with Gasteiger partial charge in [0.05, 0.1) is 0 Å². The van der Waals surface area contributed by atoms with E-state index in [1.165, 1.54) is 25.3 Å². The number of benzene rings is 1. The van der Waals surface area contributed by atoms with Crippen molar-refractivity contribution >= 4 is 21.8 Å². The summed E-state index contributed by atoms with van der Waals surface area (Å²) in [5.74, 6) is 1.86. The zero-order valence-electron chi connectivity index (χ0n) is 13.9. The molecule has 0 aliphatic heterocycles. The molecule has 3 nitrogen and oxygen atoms in total. The second-order valence-corrected chi connectivity index (χ2v) is 8.94. The molecule has 5 heteroatoms. The molecule has 4 saturated carbocycles. The summed E-state index contributed by atoms with van der Waals surface area (Å²) < 4.78 is 20.1. The topological polar surface area (TPSA) is 38.3 Å². The Morgan fingerprint density at radius 1 is 1.25 bits per heavy atom. The second-order valence-electron chi connectivity index (χ2n) is 8.02. The fourth-order valence-corrected chi connectivity index (χ4v) is 5.77. The normalized spacial score (nSPS) is 34.9. The fraction of sp³-hybridized carbons (Fsp3) is 0.632. The Labute approximate surface area is 150 Å². The highest BCUT2D eigenvalue weighted by atomic mass is 79.9. The zero-order chi connectivity index (χ0) is 16.9. The van der Waals surface area contributed by atoms with Crippen molar-refractivity contribution in [2.24, 2.45) is 17.8 Å². The Hall–Kier alpha value is -1.10. The number of nitrogens with one attached hydrogen (secondary N) is 1. The first kappa shape index (κ1) is 16.4. The summed E-state index contributed by atoms with van der Waals surface area (Å²) in [4.78, 5) is 12.6. The molecule has 4 aliphatic rings. The number of carbonyl (C=O) groups excluding carboxylic acids is 1. The minimum atomic E-state index is -0.700. The van der Waals surface area contributed by atoms with E-state index in [0.29, 0.717) is 4.47 Å². The maximum Gasteiger partial charge on any atom is 0.261 e. The molecule has 0 saturated heterocycles. The third-order valence-electron chi connectivity index (χ3n) is 5.99. The van der Waals surface area contributed by atoms with Crippen molar-refractivity contribution in [2.75, 3.05) is 0 Å². The van der Waals surface area contributed by atoms with Gasteiger partial charge in [0.15, 0.2) is 17.7 Å². The lowest BCUT2D eigenvalue weighted by molar-refractivity contribution is -0.133. The Morgan fingerprint density at radius 2 is 1.83 bits per heavy atom. The van der Waals surface area contributed by atoms with E-state index in [0.717, 1.165) is 37.0 Å². The molecule has 0 heterocycles. The number of ether oxygens (including phenoxy) is 1. The molecule has 1 aromatic rings. The quantitative estimate of drug-likeness (QED) is 0.817. The maximum absolute atomic E-state index is 13.9. The third kappa shape index (κ3) is 3.07. The lowest BCUT2D eigenvalue weighted by atomic mass is 9.53. The van der Waals surface area contributed by atoms with Gasteiger partial charge in [-0.25, -0.2) is 4.39 Å². The van der Waals surface area contributed by atoms with Crippen molar-refractivity contribution in [2.45, 2.75) is 57.1 Å². The Morgan fingerprint density at radius 3 is 2.38 bits per heavy atom. The summed E-state index contributed by atoms with van der Waals surface area (Å²) in [6.07, 6.45) is 6.62. The summed E-state index contributed by atoms with van der Waals surface area (Å²) >= 11 is 3.22. The highest BCUT2D eigenvalue weighted by Gasteiger charge is 2.51. The highest BCUT2D eigenvalue weighted by Crippen LogP contribution is 2.55. The Bertz CT molecular complexity index is 627. The summed E-state index contributed by atoms with van der Waals surface area (Å²) in [6.45, 7) is 1.69. The fourth-order valence-electron chi connectivity index (χ4n) is 5.44. The van der Waals surface area contributed by atoms with Gasteiger partial charge in [-0.05, 0) is 81.4 Å². The molecule has 130 valence electrons. The second kappa shape index (κ2) is 6.01. The van der Waals surface area contributed by atoms with E-state index in [9.17, 15) is 9.18 Å². The summed E-state index contributed by atoms with van der Waals surface area (Å²) in [6, 6.07) is 4.61. The largest absolute Gasteiger partial charge is 0.478 e. The van der Waals surface area contributed by atoms with Crippen LogP contribution in [0.2, 0.25) is 0 Å². The molecule has 0 aromatic heterocycles. The monoisotopic (exact) mass is 395 g/mol. The number of halogens is 2. The molecule has 4 aliphatic carbocycles. The van der Waals surface area contributed by atoms with E-state index in [4.69, 9.17) is 4.74 Å². The van der Waals surface area contributed by atoms with Gasteiger partial charge in [0.25, 0.3) is 5.91 Å². The smallest absolute Gasteiger partial charge is 0.261 e. The van der Waals surface area contributed by atoms with E-state index in [2.05, 4.69) is 21.2 Å². The van der Waals surface area contributed by atoms with Crippen LogP contribution in [0.1, 0.15) is 45.4 Å². The standard InChI is InChI=1S/C19H23BrFNO2/c1-11(24-17-3-2-15(20)7-16(17)21)18(23)22-19-8-12-4-13(9-19)6-14(5-12)10-19/h2-3,7,11-14H,4-6,8-10H2,1H3,(H,22,23)/t11-,12?,13?,14?,19?/m1/s1. The third-order valence-corrected chi connectivity index (χ3v) is 6.49. The SMILES string of the molecule is C[C@@H](Oc1ccc(Br)cc1F)C(=O)NC12CC3CC(CC(C3)C1)C2. The van der Waals surface area contributed by atoms with Gasteiger partial charge in [0.2, 0.25) is 0 Å². The molecule has 1 aromatic carbocycles. The highest BCUT2D eigenvalue weighted by molar-refractivity contribution is 9.10. The first-order chi connectivity index (χ1) is 11.4. The molecule has 0 spiro atoms. The molecule has 0 radical (unpaired) electrons. The van der Waals surface area contributed by atoms with Crippen LogP contribution in [0.25, 0.3) is 0 Å². The first-order valence-electron chi connectivity index (χ1n) is 8.86. The number of carbonyl (C=O) groups is 1. The Kier molecular flexibility index (Phi) is 4.10. The van der Waals surface area contributed by atoms with Gasteiger partial charge >= 0.3 is 0 Å². The molecule has 24 heavy (non-hydrogen) atoms. The molecule has 1 atom stereocenters. The Balaban J connectivity index is 1.42. The lowest BCUT2D eigenvalue weighted by Crippen LogP contribution is -2.61. The number of rotatable bonds is 4. The van der Waals surface area contributed by atoms with Crippen LogP contribution in [0.15, 0.2) is 22.7 Å². The van der Waals surface area contributed by atoms with Crippen LogP contribution in [0.4, 0.5) is 4.39 Å². The van der Waals surface area contributed by atoms with Crippen molar-refractivity contribution in [3.8, 4) is 5.75 Å². The number of hydrogen-bond donors (Lipinski definition) is 1. The van der Waals surface area contributed by atoms with Gasteiger partial charge in [-0.1, -0.05) is 15.9 Å². The van der Waals surface area contributed by atoms with Crippen molar-refractivity contribution in [3.63, 3.8) is 0 Å². The molecule has 4 bridgehead atoms. The van der Waals surface area contributed by atoms with E-state index < -0.39 is 11.9 Å². The van der Waals surface area contributed by atoms with Gasteiger partial charge in [-0.2, -0.15) is 0 Å². The molecule has 1 N–H and O–H groups in total. The van der Waals surface area contributed by atoms with Gasteiger partial charge in [0.1, 0.15) is 0 Å². The van der Waals surface area contributed by atoms with Gasteiger partial charge < -0.3 is 10.1 Å². The van der Waals surface area contributed by atoms with Crippen LogP contribution in [-0.4, -0.2) is 17.6 Å². The van der Waals surface area contributed by atoms with E-state index in [1.54, 1.807) is 19.1 Å². The van der Waals surface area contributed by atoms with Crippen LogP contribution in [0.3, 0.4) is 0 Å². The predicted molar refractivity (Wildman–Crippen MR) is 93.2 cm³/mol. The van der Waals surface area contributed by atoms with Crippen molar-refractivity contribution in [3.05, 3.63) is 28.5 Å². The van der Waals surface area contributed by atoms with Gasteiger partial charge in [-0.3, -0.25) is 4.79 Å². The van der Waals surface area contributed by atoms with Crippen LogP contribution in [0, 0.1) is 23.6 Å². The van der Waals surface area contributed by atoms with Gasteiger partial charge in [0, 0.05) is 10.0 Å². The van der Waals surface area contributed by atoms with Crippen LogP contribution in [-0.2, 0) is 4.79 Å². The molecule has 5 rings (SSSR count). The average Bonchev–Trinajstić information content (AvgIpc) is 2.48. The zero-order valence-corrected chi connectivity index (χ0v) is 15.4. The van der Waals surface area contributed by atoms with E-state index in [1.807, 2.05) is 0 Å². The predicted octanol–water partition coefficient (Wildman–Crippen LogP) is 4.44. The van der Waals surface area contributed by atoms with Crippen LogP contribution < -0.4 is 10.1 Å². The summed E-state index contributed by atoms with van der Waals surface area (Å²) in [5.41, 5.74) is -0.0400. The summed E-state index contributed by atoms with van der Waals surface area (Å²) in [7, 11) is 0. The molecule has 0 unspecified atom stereocenters. The number of hydrogen-bond acceptors (Lipinski definition) is 2. The van der Waals surface area contributed by atoms with Crippen molar-refractivity contribution in [1.29, 1.82) is 0 Å². The minimum Gasteiger partial charge on any atom is -0.478 e. The molecular formula is C19H23BrFNO2. The molecular weight excluding hydrogens is 373 g/mol. The van der Waals surface area contributed by atoms with Gasteiger partial charge in [-0.15, -0.1) is 0 Å². The number of amides is 1. The van der Waals surface area contributed by atoms with Crippen LogP contribution >= 0.6 is 15.9 Å². The maximum atomic E-state index is 13.9. The minimum absolute atomic E-state index is 0.0400. The lowest BCUT2D eigenvalue weighted by Gasteiger charge is -2.57. The van der Waals surface area contributed by atoms with Crippen LogP contribution in [0.5, 0.6) is 5.75 Å². The van der Waals surface area contributed by atoms with Crippen molar-refractivity contribution in [1.82, 2.24) is 5.32 Å². The van der Waals surface area contributed by atoms with Crippen molar-refractivity contribution < 1.29 is 13.9 Å². The average molecular weight is 396 g/mol. The molecule has 4 fully saturated rings.